The zero-order chi connectivity index (χ0) is 14.9. The quantitative estimate of drug-likeness (QED) is 0.814. The van der Waals surface area contributed by atoms with Gasteiger partial charge in [-0.2, -0.15) is 13.2 Å². The van der Waals surface area contributed by atoms with Crippen LogP contribution >= 0.6 is 12.2 Å². The molecule has 106 valence electrons. The Morgan fingerprint density at radius 1 is 1.30 bits per heavy atom. The molecule has 1 aromatic carbocycles. The predicted molar refractivity (Wildman–Crippen MR) is 74.0 cm³/mol. The highest BCUT2D eigenvalue weighted by atomic mass is 32.1. The van der Waals surface area contributed by atoms with Crippen molar-refractivity contribution in [1.29, 1.82) is 0 Å². The van der Waals surface area contributed by atoms with Crippen molar-refractivity contribution in [1.82, 2.24) is 9.97 Å². The van der Waals surface area contributed by atoms with E-state index in [1.807, 2.05) is 13.8 Å². The fourth-order valence-corrected chi connectivity index (χ4v) is 2.40. The molecule has 6 heteroatoms. The summed E-state index contributed by atoms with van der Waals surface area (Å²) in [5, 5.41) is 0. The summed E-state index contributed by atoms with van der Waals surface area (Å²) in [4.78, 5) is 7.21. The summed E-state index contributed by atoms with van der Waals surface area (Å²) in [6.45, 7) is 3.80. The fourth-order valence-electron chi connectivity index (χ4n) is 2.01. The van der Waals surface area contributed by atoms with Gasteiger partial charge in [-0.1, -0.05) is 31.3 Å². The van der Waals surface area contributed by atoms with Gasteiger partial charge in [0.25, 0.3) is 0 Å². The highest BCUT2D eigenvalue weighted by Crippen LogP contribution is 2.31. The third kappa shape index (κ3) is 2.90. The number of benzene rings is 1. The van der Waals surface area contributed by atoms with Crippen molar-refractivity contribution in [2.75, 3.05) is 0 Å². The van der Waals surface area contributed by atoms with Crippen molar-refractivity contribution in [3.05, 3.63) is 45.7 Å². The first-order valence-corrected chi connectivity index (χ1v) is 6.51. The van der Waals surface area contributed by atoms with E-state index in [4.69, 9.17) is 12.2 Å². The number of aryl methyl sites for hydroxylation is 1. The molecule has 0 aliphatic carbocycles. The third-order valence-corrected chi connectivity index (χ3v) is 3.38. The van der Waals surface area contributed by atoms with Gasteiger partial charge in [0, 0.05) is 16.8 Å². The molecule has 0 spiro atoms. The maximum atomic E-state index is 12.7. The zero-order valence-electron chi connectivity index (χ0n) is 11.0. The van der Waals surface area contributed by atoms with Crippen LogP contribution in [0.15, 0.2) is 24.3 Å². The van der Waals surface area contributed by atoms with E-state index in [-0.39, 0.29) is 0 Å². The van der Waals surface area contributed by atoms with Crippen molar-refractivity contribution in [3.63, 3.8) is 0 Å². The van der Waals surface area contributed by atoms with Crippen LogP contribution in [0.3, 0.4) is 0 Å². The van der Waals surface area contributed by atoms with Crippen molar-refractivity contribution in [2.24, 2.45) is 0 Å². The molecule has 0 saturated carbocycles. The van der Waals surface area contributed by atoms with Crippen molar-refractivity contribution >= 4 is 12.2 Å². The highest BCUT2D eigenvalue weighted by molar-refractivity contribution is 7.71. The first-order chi connectivity index (χ1) is 9.32. The minimum Gasteiger partial charge on any atom is -0.343 e. The molecule has 0 aliphatic rings. The number of aromatic amines is 1. The van der Waals surface area contributed by atoms with Crippen LogP contribution in [0.25, 0.3) is 11.4 Å². The molecule has 2 rings (SSSR count). The summed E-state index contributed by atoms with van der Waals surface area (Å²) in [5.41, 5.74) is 1.42. The lowest BCUT2D eigenvalue weighted by atomic mass is 10.1. The Balaban J connectivity index is 2.55. The molecule has 2 nitrogen and oxygen atoms in total. The van der Waals surface area contributed by atoms with E-state index in [0.29, 0.717) is 16.0 Å². The lowest BCUT2D eigenvalue weighted by Crippen LogP contribution is -2.05. The second-order valence-electron chi connectivity index (χ2n) is 4.43. The summed E-state index contributed by atoms with van der Waals surface area (Å²) in [6, 6.07) is 5.04. The number of H-pyrrole nitrogens is 1. The van der Waals surface area contributed by atoms with Gasteiger partial charge in [0.15, 0.2) is 0 Å². The molecule has 0 saturated heterocycles. The molecule has 1 N–H and O–H groups in total. The Labute approximate surface area is 119 Å². The summed E-state index contributed by atoms with van der Waals surface area (Å²) >= 11 is 5.18. The molecule has 0 amide bonds. The Bertz CT molecular complexity index is 690. The van der Waals surface area contributed by atoms with E-state index < -0.39 is 11.7 Å². The van der Waals surface area contributed by atoms with E-state index in [9.17, 15) is 13.2 Å². The molecule has 1 heterocycles. The van der Waals surface area contributed by atoms with E-state index in [0.717, 1.165) is 29.8 Å². The van der Waals surface area contributed by atoms with Gasteiger partial charge >= 0.3 is 6.18 Å². The smallest absolute Gasteiger partial charge is 0.343 e. The number of alkyl halides is 3. The van der Waals surface area contributed by atoms with Crippen molar-refractivity contribution < 1.29 is 13.2 Å². The lowest BCUT2D eigenvalue weighted by molar-refractivity contribution is -0.137. The predicted octanol–water partition coefficient (Wildman–Crippen LogP) is 4.70. The SMILES string of the molecule is CCc1c(C)[nH]c(-c2cccc(C(F)(F)F)c2)nc1=S. The molecule has 1 aromatic heterocycles. The number of hydrogen-bond acceptors (Lipinski definition) is 2. The third-order valence-electron chi connectivity index (χ3n) is 3.05. The number of nitrogens with one attached hydrogen (secondary N) is 1. The maximum absolute atomic E-state index is 12.7. The average molecular weight is 298 g/mol. The van der Waals surface area contributed by atoms with Gasteiger partial charge in [0.1, 0.15) is 10.5 Å². The van der Waals surface area contributed by atoms with Gasteiger partial charge in [-0.05, 0) is 25.5 Å². The van der Waals surface area contributed by atoms with E-state index in [1.165, 1.54) is 6.07 Å². The topological polar surface area (TPSA) is 28.7 Å². The molecular formula is C14H13F3N2S. The Hall–Kier alpha value is -1.69. The second-order valence-corrected chi connectivity index (χ2v) is 4.81. The van der Waals surface area contributed by atoms with E-state index >= 15 is 0 Å². The van der Waals surface area contributed by atoms with Gasteiger partial charge in [0.2, 0.25) is 0 Å². The van der Waals surface area contributed by atoms with Gasteiger partial charge in [0.05, 0.1) is 5.56 Å². The van der Waals surface area contributed by atoms with Crippen LogP contribution in [0, 0.1) is 11.6 Å². The minimum atomic E-state index is -4.37. The summed E-state index contributed by atoms with van der Waals surface area (Å²) < 4.78 is 38.6. The Morgan fingerprint density at radius 2 is 2.00 bits per heavy atom. The van der Waals surface area contributed by atoms with Crippen LogP contribution in [0.2, 0.25) is 0 Å². The Kier molecular flexibility index (Phi) is 3.94. The van der Waals surface area contributed by atoms with Crippen LogP contribution in [-0.2, 0) is 12.6 Å². The maximum Gasteiger partial charge on any atom is 0.416 e. The van der Waals surface area contributed by atoms with E-state index in [2.05, 4.69) is 9.97 Å². The number of rotatable bonds is 2. The normalized spacial score (nSPS) is 11.7. The monoisotopic (exact) mass is 298 g/mol. The molecule has 0 fully saturated rings. The average Bonchev–Trinajstić information content (AvgIpc) is 2.37. The number of nitrogens with zero attached hydrogens (tertiary/aromatic N) is 1. The summed E-state index contributed by atoms with van der Waals surface area (Å²) in [5.74, 6) is 0.357. The van der Waals surface area contributed by atoms with Crippen LogP contribution in [-0.4, -0.2) is 9.97 Å². The largest absolute Gasteiger partial charge is 0.416 e. The van der Waals surface area contributed by atoms with Gasteiger partial charge in [-0.15, -0.1) is 0 Å². The van der Waals surface area contributed by atoms with Gasteiger partial charge in [-0.3, -0.25) is 0 Å². The van der Waals surface area contributed by atoms with Crippen molar-refractivity contribution in [2.45, 2.75) is 26.4 Å². The zero-order valence-corrected chi connectivity index (χ0v) is 11.8. The molecule has 0 unspecified atom stereocenters. The molecule has 0 atom stereocenters. The van der Waals surface area contributed by atoms with Crippen LogP contribution in [0.1, 0.15) is 23.7 Å². The number of aromatic nitrogens is 2. The van der Waals surface area contributed by atoms with Gasteiger partial charge in [-0.25, -0.2) is 4.98 Å². The highest BCUT2D eigenvalue weighted by Gasteiger charge is 2.30. The number of hydrogen-bond donors (Lipinski definition) is 1. The molecular weight excluding hydrogens is 285 g/mol. The summed E-state index contributed by atoms with van der Waals surface area (Å²) in [6.07, 6.45) is -3.64. The van der Waals surface area contributed by atoms with E-state index in [1.54, 1.807) is 6.07 Å². The lowest BCUT2D eigenvalue weighted by Gasteiger charge is -2.10. The molecule has 0 bridgehead atoms. The van der Waals surface area contributed by atoms with Gasteiger partial charge < -0.3 is 4.98 Å². The summed E-state index contributed by atoms with van der Waals surface area (Å²) in [7, 11) is 0. The first-order valence-electron chi connectivity index (χ1n) is 6.10. The standard InChI is InChI=1S/C14H13F3N2S/c1-3-11-8(2)18-12(19-13(11)20)9-5-4-6-10(7-9)14(15,16)17/h4-7H,3H2,1-2H3,(H,18,19,20). The molecule has 20 heavy (non-hydrogen) atoms. The van der Waals surface area contributed by atoms with Crippen molar-refractivity contribution in [3.8, 4) is 11.4 Å². The van der Waals surface area contributed by atoms with Crippen LogP contribution in [0.4, 0.5) is 13.2 Å². The first kappa shape index (κ1) is 14.7. The molecule has 0 radical (unpaired) electrons. The molecule has 2 aromatic rings. The number of halogens is 3. The Morgan fingerprint density at radius 3 is 2.55 bits per heavy atom. The molecule has 0 aliphatic heterocycles. The fraction of sp³-hybridized carbons (Fsp3) is 0.286. The van der Waals surface area contributed by atoms with Crippen LogP contribution in [0.5, 0.6) is 0 Å². The minimum absolute atomic E-state index is 0.357. The second kappa shape index (κ2) is 5.36. The van der Waals surface area contributed by atoms with Crippen LogP contribution < -0.4 is 0 Å².